The van der Waals surface area contributed by atoms with Crippen LogP contribution in [0.2, 0.25) is 0 Å². The highest BCUT2D eigenvalue weighted by atomic mass is 79.9. The summed E-state index contributed by atoms with van der Waals surface area (Å²) in [6.45, 7) is 0.229. The number of hydrogen-bond acceptors (Lipinski definition) is 4. The largest absolute Gasteiger partial charge is 0.454 e. The van der Waals surface area contributed by atoms with Crippen LogP contribution in [0.3, 0.4) is 0 Å². The van der Waals surface area contributed by atoms with E-state index in [4.69, 9.17) is 21.7 Å². The first-order valence-corrected chi connectivity index (χ1v) is 11.7. The molecule has 33 heavy (non-hydrogen) atoms. The van der Waals surface area contributed by atoms with E-state index in [1.54, 1.807) is 0 Å². The van der Waals surface area contributed by atoms with Crippen molar-refractivity contribution in [3.8, 4) is 17.2 Å². The smallest absolute Gasteiger partial charge is 0.231 e. The van der Waals surface area contributed by atoms with Gasteiger partial charge in [-0.05, 0) is 66.8 Å². The van der Waals surface area contributed by atoms with Crippen LogP contribution in [0, 0.1) is 0 Å². The number of hydrogen-bond donors (Lipinski definition) is 1. The number of benzene rings is 2. The average Bonchev–Trinajstić information content (AvgIpc) is 3.57. The van der Waals surface area contributed by atoms with Gasteiger partial charge >= 0.3 is 0 Å². The molecule has 2 aromatic carbocycles. The van der Waals surface area contributed by atoms with Crippen molar-refractivity contribution < 1.29 is 9.47 Å². The monoisotopic (exact) mass is 518 g/mol. The van der Waals surface area contributed by atoms with Crippen LogP contribution in [0.5, 0.6) is 11.5 Å². The number of anilines is 1. The molecular formula is C25H19BrN4O2S. The maximum Gasteiger partial charge on any atom is 0.231 e. The third kappa shape index (κ3) is 3.55. The van der Waals surface area contributed by atoms with Gasteiger partial charge in [0.05, 0.1) is 11.7 Å². The van der Waals surface area contributed by atoms with Gasteiger partial charge in [-0.3, -0.25) is 4.98 Å². The highest BCUT2D eigenvalue weighted by Gasteiger charge is 2.42. The van der Waals surface area contributed by atoms with Gasteiger partial charge < -0.3 is 24.3 Å². The van der Waals surface area contributed by atoms with Crippen molar-refractivity contribution in [2.75, 3.05) is 11.7 Å². The molecule has 2 atom stereocenters. The summed E-state index contributed by atoms with van der Waals surface area (Å²) in [6.07, 6.45) is 3.89. The number of nitrogens with one attached hydrogen (secondary N) is 1. The second kappa shape index (κ2) is 8.20. The first-order valence-electron chi connectivity index (χ1n) is 10.5. The van der Waals surface area contributed by atoms with Gasteiger partial charge in [0.15, 0.2) is 16.6 Å². The Balaban J connectivity index is 1.51. The lowest BCUT2D eigenvalue weighted by atomic mass is 10.0. The maximum absolute atomic E-state index is 5.86. The quantitative estimate of drug-likeness (QED) is 0.358. The van der Waals surface area contributed by atoms with Crippen LogP contribution >= 0.6 is 28.1 Å². The van der Waals surface area contributed by atoms with Crippen LogP contribution in [0.1, 0.15) is 23.5 Å². The Morgan fingerprint density at radius 2 is 1.85 bits per heavy atom. The van der Waals surface area contributed by atoms with E-state index >= 15 is 0 Å². The van der Waals surface area contributed by atoms with Gasteiger partial charge in [-0.15, -0.1) is 0 Å². The first-order chi connectivity index (χ1) is 16.2. The molecule has 0 unspecified atom stereocenters. The summed E-state index contributed by atoms with van der Waals surface area (Å²) in [5, 5.41) is 4.15. The van der Waals surface area contributed by atoms with E-state index in [-0.39, 0.29) is 18.9 Å². The summed E-state index contributed by atoms with van der Waals surface area (Å²) in [6, 6.07) is 24.1. The molecule has 4 heterocycles. The molecule has 2 aliphatic heterocycles. The van der Waals surface area contributed by atoms with Crippen molar-refractivity contribution in [3.05, 3.63) is 101 Å². The predicted octanol–water partition coefficient (Wildman–Crippen LogP) is 5.54. The van der Waals surface area contributed by atoms with Crippen LogP contribution in [-0.4, -0.2) is 21.5 Å². The van der Waals surface area contributed by atoms with E-state index in [2.05, 4.69) is 66.2 Å². The van der Waals surface area contributed by atoms with Crippen molar-refractivity contribution in [1.82, 2.24) is 14.9 Å². The van der Waals surface area contributed by atoms with Crippen molar-refractivity contribution in [2.24, 2.45) is 0 Å². The van der Waals surface area contributed by atoms with Crippen LogP contribution in [0.15, 0.2) is 89.7 Å². The normalized spacial score (nSPS) is 19.1. The molecule has 8 heteroatoms. The Morgan fingerprint density at radius 1 is 0.939 bits per heavy atom. The van der Waals surface area contributed by atoms with E-state index in [9.17, 15) is 0 Å². The third-order valence-electron chi connectivity index (χ3n) is 5.90. The minimum atomic E-state index is -0.137. The van der Waals surface area contributed by atoms with Crippen molar-refractivity contribution >= 4 is 38.9 Å². The summed E-state index contributed by atoms with van der Waals surface area (Å²) in [4.78, 5) is 6.79. The molecule has 6 rings (SSSR count). The van der Waals surface area contributed by atoms with Crippen LogP contribution in [0.4, 0.5) is 5.69 Å². The van der Waals surface area contributed by atoms with E-state index in [1.165, 1.54) is 0 Å². The molecule has 0 radical (unpaired) electrons. The Bertz CT molecular complexity index is 1340. The predicted molar refractivity (Wildman–Crippen MR) is 134 cm³/mol. The zero-order valence-corrected chi connectivity index (χ0v) is 19.8. The van der Waals surface area contributed by atoms with Gasteiger partial charge in [0.1, 0.15) is 6.04 Å². The molecule has 164 valence electrons. The zero-order valence-electron chi connectivity index (χ0n) is 17.4. The molecule has 0 spiro atoms. The van der Waals surface area contributed by atoms with E-state index in [0.29, 0.717) is 5.11 Å². The summed E-state index contributed by atoms with van der Waals surface area (Å²) in [5.74, 6) is 1.46. The van der Waals surface area contributed by atoms with Gasteiger partial charge in [-0.1, -0.05) is 28.1 Å². The summed E-state index contributed by atoms with van der Waals surface area (Å²) in [7, 11) is 0. The maximum atomic E-state index is 5.86. The molecule has 0 saturated carbocycles. The minimum Gasteiger partial charge on any atom is -0.454 e. The van der Waals surface area contributed by atoms with Gasteiger partial charge in [0.2, 0.25) is 6.79 Å². The lowest BCUT2D eigenvalue weighted by Gasteiger charge is -2.29. The fraction of sp³-hybridized carbons (Fsp3) is 0.120. The van der Waals surface area contributed by atoms with E-state index < -0.39 is 0 Å². The number of thiocarbonyl (C=S) groups is 1. The molecule has 6 nitrogen and oxygen atoms in total. The van der Waals surface area contributed by atoms with Crippen LogP contribution in [-0.2, 0) is 0 Å². The lowest BCUT2D eigenvalue weighted by molar-refractivity contribution is 0.174. The molecule has 0 aliphatic carbocycles. The number of ether oxygens (including phenoxy) is 2. The SMILES string of the molecule is S=C1N[C@@H](c2ccccn2)[C@@H](c2cccn2-c2cccc(Br)c2)N1c1ccc2c(c1)OCO2. The van der Waals surface area contributed by atoms with E-state index in [1.807, 2.05) is 54.7 Å². The first kappa shape index (κ1) is 20.3. The second-order valence-corrected chi connectivity index (χ2v) is 9.12. The Hall–Kier alpha value is -3.36. The number of rotatable bonds is 4. The molecule has 1 saturated heterocycles. The van der Waals surface area contributed by atoms with Crippen molar-refractivity contribution in [2.45, 2.75) is 12.1 Å². The summed E-state index contributed by atoms with van der Waals surface area (Å²) < 4.78 is 14.4. The Labute approximate surface area is 204 Å². The van der Waals surface area contributed by atoms with Crippen molar-refractivity contribution in [1.29, 1.82) is 0 Å². The van der Waals surface area contributed by atoms with Gasteiger partial charge in [-0.25, -0.2) is 0 Å². The van der Waals surface area contributed by atoms with Crippen LogP contribution in [0.25, 0.3) is 5.69 Å². The minimum absolute atomic E-state index is 0.134. The highest BCUT2D eigenvalue weighted by molar-refractivity contribution is 9.10. The molecule has 0 bridgehead atoms. The van der Waals surface area contributed by atoms with Crippen molar-refractivity contribution in [3.63, 3.8) is 0 Å². The van der Waals surface area contributed by atoms with Gasteiger partial charge in [0.25, 0.3) is 0 Å². The van der Waals surface area contributed by atoms with Gasteiger partial charge in [0, 0.05) is 40.0 Å². The second-order valence-electron chi connectivity index (χ2n) is 7.82. The summed E-state index contributed by atoms with van der Waals surface area (Å²) >= 11 is 9.46. The third-order valence-corrected chi connectivity index (χ3v) is 6.71. The molecule has 0 amide bonds. The fourth-order valence-corrected chi connectivity index (χ4v) is 5.20. The fourth-order valence-electron chi connectivity index (χ4n) is 4.46. The number of aromatic nitrogens is 2. The molecule has 2 aromatic heterocycles. The highest BCUT2D eigenvalue weighted by Crippen LogP contribution is 2.44. The number of nitrogens with zero attached hydrogens (tertiary/aromatic N) is 3. The topological polar surface area (TPSA) is 51.6 Å². The summed E-state index contributed by atoms with van der Waals surface area (Å²) in [5.41, 5.74) is 4.01. The Morgan fingerprint density at radius 3 is 2.70 bits per heavy atom. The standard InChI is InChI=1S/C25H19BrN4O2S/c26-16-5-3-6-17(13-16)29-12-4-8-20(29)24-23(19-7-1-2-11-27-19)28-25(33)30(24)18-9-10-21-22(14-18)32-15-31-21/h1-14,23-24H,15H2,(H,28,33)/t23-,24+/m0/s1. The molecule has 4 aromatic rings. The van der Waals surface area contributed by atoms with E-state index in [0.717, 1.165) is 38.7 Å². The Kier molecular flexibility index (Phi) is 5.04. The molecular weight excluding hydrogens is 500 g/mol. The number of fused-ring (bicyclic) bond motifs is 1. The number of halogens is 1. The average molecular weight is 519 g/mol. The molecule has 1 N–H and O–H groups in total. The van der Waals surface area contributed by atoms with Gasteiger partial charge in [-0.2, -0.15) is 0 Å². The molecule has 1 fully saturated rings. The number of pyridine rings is 1. The lowest BCUT2D eigenvalue weighted by Crippen LogP contribution is -2.30. The zero-order chi connectivity index (χ0) is 22.4. The molecule has 2 aliphatic rings. The van der Waals surface area contributed by atoms with Crippen LogP contribution < -0.4 is 19.7 Å².